The topological polar surface area (TPSA) is 88.4 Å². The number of pyridine rings is 1. The second-order valence-electron chi connectivity index (χ2n) is 4.84. The van der Waals surface area contributed by atoms with E-state index >= 15 is 0 Å². The zero-order chi connectivity index (χ0) is 16.7. The maximum Gasteiger partial charge on any atom is 0.274 e. The standard InChI is InChI=1S/C12H15ClN4O3.C2H6.CH3.Fe/c1-16-4-2-8(3-5-16)14-12(18)10-6-9(17(19)20)7-11(13)15-10;1-2;;/h6-8H,2-5H2,1H3,(H,14,18);1-2H3;1H3;/q;;-1;. The fourth-order valence-corrected chi connectivity index (χ4v) is 2.32. The molecule has 2 rings (SSSR count). The zero-order valence-electron chi connectivity index (χ0n) is 14.4. The summed E-state index contributed by atoms with van der Waals surface area (Å²) >= 11 is 5.70. The van der Waals surface area contributed by atoms with Crippen LogP contribution in [0, 0.1) is 17.5 Å². The number of hydrogen-bond acceptors (Lipinski definition) is 5. The Balaban J connectivity index is 0. The summed E-state index contributed by atoms with van der Waals surface area (Å²) in [6.45, 7) is 5.82. The number of carbonyl (C=O) groups excluding carboxylic acids is 1. The van der Waals surface area contributed by atoms with Crippen molar-refractivity contribution >= 4 is 23.2 Å². The average molecular weight is 400 g/mol. The number of amides is 1. The molecule has 0 atom stereocenters. The van der Waals surface area contributed by atoms with Gasteiger partial charge in [0.05, 0.1) is 11.0 Å². The molecule has 0 bridgehead atoms. The van der Waals surface area contributed by atoms with Crippen LogP contribution in [-0.2, 0) is 17.1 Å². The normalized spacial score (nSPS) is 14.3. The summed E-state index contributed by atoms with van der Waals surface area (Å²) in [5.41, 5.74) is -0.262. The largest absolute Gasteiger partial charge is 0.358 e. The van der Waals surface area contributed by atoms with E-state index in [4.69, 9.17) is 11.6 Å². The van der Waals surface area contributed by atoms with Crippen LogP contribution in [0.1, 0.15) is 37.2 Å². The first kappa shape index (κ1) is 25.0. The maximum atomic E-state index is 12.1. The van der Waals surface area contributed by atoms with Crippen molar-refractivity contribution in [2.24, 2.45) is 0 Å². The van der Waals surface area contributed by atoms with E-state index in [1.807, 2.05) is 20.9 Å². The van der Waals surface area contributed by atoms with Gasteiger partial charge in [0.1, 0.15) is 10.8 Å². The molecule has 0 saturated carbocycles. The van der Waals surface area contributed by atoms with Gasteiger partial charge in [0, 0.05) is 29.2 Å². The Morgan fingerprint density at radius 3 is 2.42 bits per heavy atom. The van der Waals surface area contributed by atoms with E-state index in [-0.39, 0.29) is 47.1 Å². The molecule has 1 aromatic heterocycles. The summed E-state index contributed by atoms with van der Waals surface area (Å²) in [7, 11) is 2.03. The van der Waals surface area contributed by atoms with E-state index in [9.17, 15) is 14.9 Å². The molecule has 7 nitrogen and oxygen atoms in total. The van der Waals surface area contributed by atoms with Crippen LogP contribution >= 0.6 is 11.6 Å². The van der Waals surface area contributed by atoms with Gasteiger partial charge in [-0.15, -0.1) is 0 Å². The number of halogens is 1. The van der Waals surface area contributed by atoms with Crippen LogP contribution < -0.4 is 5.32 Å². The average Bonchev–Trinajstić information content (AvgIpc) is 2.51. The van der Waals surface area contributed by atoms with Gasteiger partial charge in [0.15, 0.2) is 0 Å². The van der Waals surface area contributed by atoms with Gasteiger partial charge < -0.3 is 17.6 Å². The smallest absolute Gasteiger partial charge is 0.274 e. The predicted octanol–water partition coefficient (Wildman–Crippen LogP) is 2.94. The molecule has 9 heteroatoms. The van der Waals surface area contributed by atoms with Crippen LogP contribution in [0.25, 0.3) is 0 Å². The van der Waals surface area contributed by atoms with Gasteiger partial charge in [-0.1, -0.05) is 25.4 Å². The van der Waals surface area contributed by atoms with Gasteiger partial charge in [0.2, 0.25) is 0 Å². The number of nitrogens with one attached hydrogen (secondary N) is 1. The number of hydrogen-bond donors (Lipinski definition) is 1. The Kier molecular flexibility index (Phi) is 12.7. The molecule has 1 saturated heterocycles. The second-order valence-corrected chi connectivity index (χ2v) is 5.23. The Labute approximate surface area is 158 Å². The summed E-state index contributed by atoms with van der Waals surface area (Å²) in [5, 5.41) is 13.5. The molecule has 1 N–H and O–H groups in total. The number of rotatable bonds is 3. The maximum absolute atomic E-state index is 12.1. The van der Waals surface area contributed by atoms with E-state index in [1.54, 1.807) is 0 Å². The van der Waals surface area contributed by atoms with Crippen molar-refractivity contribution < 1.29 is 26.8 Å². The van der Waals surface area contributed by atoms with E-state index in [1.165, 1.54) is 0 Å². The van der Waals surface area contributed by atoms with E-state index in [0.717, 1.165) is 38.1 Å². The molecule has 138 valence electrons. The Hall–Kier alpha value is -1.21. The van der Waals surface area contributed by atoms with Crippen LogP contribution in [0.4, 0.5) is 5.69 Å². The molecule has 1 aromatic rings. The Bertz CT molecular complexity index is 537. The molecular weight excluding hydrogens is 375 g/mol. The number of nitro groups is 1. The van der Waals surface area contributed by atoms with Crippen LogP contribution in [0.3, 0.4) is 0 Å². The predicted molar refractivity (Wildman–Crippen MR) is 91.6 cm³/mol. The molecule has 24 heavy (non-hydrogen) atoms. The fourth-order valence-electron chi connectivity index (χ4n) is 2.12. The van der Waals surface area contributed by atoms with Crippen molar-refractivity contribution in [1.82, 2.24) is 15.2 Å². The summed E-state index contributed by atoms with van der Waals surface area (Å²) in [6, 6.07) is 2.32. The minimum Gasteiger partial charge on any atom is -0.358 e. The van der Waals surface area contributed by atoms with Crippen molar-refractivity contribution in [3.05, 3.63) is 40.5 Å². The minimum atomic E-state index is -0.597. The SMILES string of the molecule is CC.CN1CCC(NC(=O)c2cc([N+](=O)[O-])cc(Cl)n2)CC1.[CH3-].[Fe]. The number of aromatic nitrogens is 1. The van der Waals surface area contributed by atoms with Crippen molar-refractivity contribution in [3.8, 4) is 0 Å². The van der Waals surface area contributed by atoms with Crippen molar-refractivity contribution in [2.45, 2.75) is 32.7 Å². The third kappa shape index (κ3) is 7.57. The van der Waals surface area contributed by atoms with Gasteiger partial charge in [0.25, 0.3) is 11.6 Å². The van der Waals surface area contributed by atoms with Gasteiger partial charge in [-0.05, 0) is 33.0 Å². The van der Waals surface area contributed by atoms with Crippen molar-refractivity contribution in [3.63, 3.8) is 0 Å². The number of carbonyl (C=O) groups is 1. The quantitative estimate of drug-likeness (QED) is 0.277. The van der Waals surface area contributed by atoms with Crippen molar-refractivity contribution in [2.75, 3.05) is 20.1 Å². The molecule has 2 heterocycles. The minimum absolute atomic E-state index is 0. The summed E-state index contributed by atoms with van der Waals surface area (Å²) in [5.74, 6) is -0.426. The van der Waals surface area contributed by atoms with Gasteiger partial charge in [-0.2, -0.15) is 0 Å². The van der Waals surface area contributed by atoms with E-state index < -0.39 is 10.8 Å². The number of piperidine rings is 1. The van der Waals surface area contributed by atoms with Gasteiger partial charge in [-0.25, -0.2) is 4.98 Å². The van der Waals surface area contributed by atoms with Gasteiger partial charge in [-0.3, -0.25) is 14.9 Å². The molecule has 1 aliphatic heterocycles. The molecule has 0 unspecified atom stereocenters. The van der Waals surface area contributed by atoms with Crippen molar-refractivity contribution in [1.29, 1.82) is 0 Å². The van der Waals surface area contributed by atoms with Crippen LogP contribution in [0.2, 0.25) is 5.15 Å². The Morgan fingerprint density at radius 2 is 1.92 bits per heavy atom. The van der Waals surface area contributed by atoms with Crippen LogP contribution in [0.15, 0.2) is 12.1 Å². The molecule has 0 aromatic carbocycles. The first-order chi connectivity index (χ1) is 10.5. The number of likely N-dealkylation sites (tertiary alicyclic amines) is 1. The molecule has 0 aliphatic carbocycles. The fraction of sp³-hybridized carbons (Fsp3) is 0.533. The zero-order valence-corrected chi connectivity index (χ0v) is 16.2. The van der Waals surface area contributed by atoms with Gasteiger partial charge >= 0.3 is 0 Å². The molecule has 0 radical (unpaired) electrons. The monoisotopic (exact) mass is 399 g/mol. The molecule has 1 fully saturated rings. The molecule has 0 spiro atoms. The third-order valence-electron chi connectivity index (χ3n) is 3.28. The summed E-state index contributed by atoms with van der Waals surface area (Å²) in [4.78, 5) is 28.2. The molecule has 1 aliphatic rings. The summed E-state index contributed by atoms with van der Waals surface area (Å²) in [6.07, 6.45) is 1.70. The first-order valence-corrected chi connectivity index (χ1v) is 7.65. The van der Waals surface area contributed by atoms with E-state index in [2.05, 4.69) is 15.2 Å². The third-order valence-corrected chi connectivity index (χ3v) is 3.47. The van der Waals surface area contributed by atoms with Crippen LogP contribution in [-0.4, -0.2) is 46.9 Å². The van der Waals surface area contributed by atoms with Crippen LogP contribution in [0.5, 0.6) is 0 Å². The summed E-state index contributed by atoms with van der Waals surface area (Å²) < 4.78 is 0. The first-order valence-electron chi connectivity index (χ1n) is 7.27. The molecular formula is C15H24ClFeN4O3-. The second kappa shape index (κ2) is 12.2. The Morgan fingerprint density at radius 1 is 1.38 bits per heavy atom. The molecule has 1 amide bonds. The van der Waals surface area contributed by atoms with E-state index in [0.29, 0.717) is 0 Å². The number of nitrogens with zero attached hydrogens (tertiary/aromatic N) is 3.